The Hall–Kier alpha value is -3.08. The highest BCUT2D eigenvalue weighted by Crippen LogP contribution is 2.47. The molecule has 3 N–H and O–H groups in total. The van der Waals surface area contributed by atoms with Crippen LogP contribution in [0.4, 0.5) is 0 Å². The van der Waals surface area contributed by atoms with Crippen LogP contribution in [0.3, 0.4) is 0 Å². The molecule has 0 aliphatic heterocycles. The molecule has 1 amide bonds. The Morgan fingerprint density at radius 2 is 1.81 bits per heavy atom. The minimum Gasteiger partial charge on any atom is -0.480 e. The van der Waals surface area contributed by atoms with Crippen molar-refractivity contribution in [3.63, 3.8) is 0 Å². The van der Waals surface area contributed by atoms with Crippen molar-refractivity contribution in [2.45, 2.75) is 37.6 Å². The summed E-state index contributed by atoms with van der Waals surface area (Å²) in [5, 5.41) is 10.4. The number of hydrogen-bond acceptors (Lipinski definition) is 2. The number of nitrogens with two attached hydrogens (primary N) is 1. The molecule has 4 rings (SSSR count). The molecule has 0 fully saturated rings. The lowest BCUT2D eigenvalue weighted by atomic mass is 9.66. The fourth-order valence-electron chi connectivity index (χ4n) is 4.59. The van der Waals surface area contributed by atoms with Crippen molar-refractivity contribution in [2.75, 3.05) is 0 Å². The van der Waals surface area contributed by atoms with Crippen molar-refractivity contribution in [2.24, 2.45) is 5.73 Å². The number of carbonyl (C=O) groups excluding carboxylic acids is 1. The van der Waals surface area contributed by atoms with E-state index < -0.39 is 17.8 Å². The number of nitrogens with zero attached hydrogens (tertiary/aromatic N) is 1. The number of carboxylic acid groups (broad SMARTS) is 1. The molecule has 1 heterocycles. The number of aromatic nitrogens is 1. The van der Waals surface area contributed by atoms with Crippen LogP contribution in [0.5, 0.6) is 0 Å². The lowest BCUT2D eigenvalue weighted by Crippen LogP contribution is -2.38. The molecule has 2 unspecified atom stereocenters. The second kappa shape index (κ2) is 6.27. The first-order chi connectivity index (χ1) is 12.9. The monoisotopic (exact) mass is 362 g/mol. The van der Waals surface area contributed by atoms with Crippen molar-refractivity contribution < 1.29 is 14.7 Å². The number of carboxylic acids is 1. The Bertz CT molecular complexity index is 1040. The number of rotatable bonds is 4. The number of carbonyl (C=O) groups is 2. The molecule has 0 spiro atoms. The summed E-state index contributed by atoms with van der Waals surface area (Å²) in [6.45, 7) is 1.98. The highest BCUT2D eigenvalue weighted by Gasteiger charge is 2.42. The number of para-hydroxylation sites is 1. The summed E-state index contributed by atoms with van der Waals surface area (Å²) in [5.74, 6) is -1.86. The third kappa shape index (κ3) is 2.79. The van der Waals surface area contributed by atoms with E-state index in [1.807, 2.05) is 42.5 Å². The van der Waals surface area contributed by atoms with E-state index in [0.29, 0.717) is 6.42 Å². The van der Waals surface area contributed by atoms with E-state index in [9.17, 15) is 14.7 Å². The van der Waals surface area contributed by atoms with Gasteiger partial charge in [0.25, 0.3) is 0 Å². The van der Waals surface area contributed by atoms with Crippen LogP contribution in [0.1, 0.15) is 36.1 Å². The summed E-state index contributed by atoms with van der Waals surface area (Å²) >= 11 is 0. The molecule has 5 nitrogen and oxygen atoms in total. The highest BCUT2D eigenvalue weighted by atomic mass is 16.4. The first-order valence-corrected chi connectivity index (χ1v) is 9.07. The Kier molecular flexibility index (Phi) is 4.02. The minimum atomic E-state index is -0.932. The van der Waals surface area contributed by atoms with Gasteiger partial charge in [0, 0.05) is 16.6 Å². The smallest absolute Gasteiger partial charge is 0.323 e. The largest absolute Gasteiger partial charge is 0.480 e. The first kappa shape index (κ1) is 17.3. The lowest BCUT2D eigenvalue weighted by Gasteiger charge is -2.38. The van der Waals surface area contributed by atoms with Crippen LogP contribution >= 0.6 is 0 Å². The molecule has 27 heavy (non-hydrogen) atoms. The average molecular weight is 362 g/mol. The highest BCUT2D eigenvalue weighted by molar-refractivity contribution is 5.92. The van der Waals surface area contributed by atoms with E-state index in [0.717, 1.165) is 34.1 Å². The Balaban J connectivity index is 1.98. The van der Waals surface area contributed by atoms with Gasteiger partial charge in [0.15, 0.2) is 0 Å². The van der Waals surface area contributed by atoms with Gasteiger partial charge in [0.1, 0.15) is 6.54 Å². The third-order valence-electron chi connectivity index (χ3n) is 5.78. The molecule has 1 aliphatic rings. The number of benzene rings is 2. The summed E-state index contributed by atoms with van der Waals surface area (Å²) in [6.07, 6.45) is 1.30. The summed E-state index contributed by atoms with van der Waals surface area (Å²) < 4.78 is 1.76. The van der Waals surface area contributed by atoms with Gasteiger partial charge in [-0.3, -0.25) is 9.59 Å². The second-order valence-electron chi connectivity index (χ2n) is 7.62. The van der Waals surface area contributed by atoms with Crippen LogP contribution in [-0.2, 0) is 28.0 Å². The Morgan fingerprint density at radius 3 is 2.48 bits per heavy atom. The van der Waals surface area contributed by atoms with E-state index in [1.165, 1.54) is 0 Å². The molecule has 1 aliphatic carbocycles. The number of amides is 1. The zero-order chi connectivity index (χ0) is 19.2. The SMILES string of the molecule is CC1(c2ccccc2)Cc2c(n(CC(=O)O)c3ccccc23)C(C(N)=O)C1. The van der Waals surface area contributed by atoms with E-state index in [-0.39, 0.29) is 12.0 Å². The topological polar surface area (TPSA) is 85.3 Å². The average Bonchev–Trinajstić information content (AvgIpc) is 2.95. The zero-order valence-corrected chi connectivity index (χ0v) is 15.2. The predicted octanol–water partition coefficient (Wildman–Crippen LogP) is 3.20. The van der Waals surface area contributed by atoms with Crippen molar-refractivity contribution in [3.8, 4) is 0 Å². The van der Waals surface area contributed by atoms with Crippen LogP contribution in [0, 0.1) is 0 Å². The maximum atomic E-state index is 12.4. The van der Waals surface area contributed by atoms with Gasteiger partial charge in [0.2, 0.25) is 5.91 Å². The van der Waals surface area contributed by atoms with Crippen molar-refractivity contribution in [1.82, 2.24) is 4.57 Å². The second-order valence-corrected chi connectivity index (χ2v) is 7.62. The van der Waals surface area contributed by atoms with Crippen LogP contribution in [0.15, 0.2) is 54.6 Å². The van der Waals surface area contributed by atoms with Gasteiger partial charge in [-0.2, -0.15) is 0 Å². The van der Waals surface area contributed by atoms with E-state index >= 15 is 0 Å². The van der Waals surface area contributed by atoms with Crippen molar-refractivity contribution in [3.05, 3.63) is 71.4 Å². The molecule has 1 aromatic heterocycles. The molecule has 0 radical (unpaired) electrons. The summed E-state index contributed by atoms with van der Waals surface area (Å²) in [7, 11) is 0. The maximum Gasteiger partial charge on any atom is 0.323 e. The standard InChI is InChI=1S/C22H22N2O3/c1-22(14-7-3-2-4-8-14)11-16-15-9-5-6-10-18(15)24(13-19(25)26)20(16)17(12-22)21(23)27/h2-10,17H,11-13H2,1H3,(H2,23,27)(H,25,26). The van der Waals surface area contributed by atoms with Crippen LogP contribution in [0.25, 0.3) is 10.9 Å². The van der Waals surface area contributed by atoms with Gasteiger partial charge in [-0.25, -0.2) is 0 Å². The minimum absolute atomic E-state index is 0.179. The maximum absolute atomic E-state index is 12.4. The number of hydrogen-bond donors (Lipinski definition) is 2. The predicted molar refractivity (Wildman–Crippen MR) is 104 cm³/mol. The van der Waals surface area contributed by atoms with Crippen LogP contribution < -0.4 is 5.73 Å². The van der Waals surface area contributed by atoms with E-state index in [4.69, 9.17) is 5.73 Å². The van der Waals surface area contributed by atoms with Crippen LogP contribution in [-0.4, -0.2) is 21.6 Å². The molecule has 0 saturated heterocycles. The number of aliphatic carboxylic acids is 1. The molecule has 0 saturated carbocycles. The Labute approximate surface area is 157 Å². The lowest BCUT2D eigenvalue weighted by molar-refractivity contribution is -0.137. The van der Waals surface area contributed by atoms with Gasteiger partial charge in [-0.1, -0.05) is 55.5 Å². The quantitative estimate of drug-likeness (QED) is 0.747. The molecule has 138 valence electrons. The van der Waals surface area contributed by atoms with Crippen LogP contribution in [0.2, 0.25) is 0 Å². The van der Waals surface area contributed by atoms with Gasteiger partial charge >= 0.3 is 5.97 Å². The Morgan fingerprint density at radius 1 is 1.15 bits per heavy atom. The molecule has 2 aromatic carbocycles. The molecule has 5 heteroatoms. The molecular formula is C22H22N2O3. The van der Waals surface area contributed by atoms with Gasteiger partial charge in [-0.05, 0) is 35.4 Å². The fourth-order valence-corrected chi connectivity index (χ4v) is 4.59. The molecule has 3 aromatic rings. The summed E-state index contributed by atoms with van der Waals surface area (Å²) in [4.78, 5) is 23.9. The van der Waals surface area contributed by atoms with E-state index in [2.05, 4.69) is 19.1 Å². The molecule has 0 bridgehead atoms. The first-order valence-electron chi connectivity index (χ1n) is 9.07. The third-order valence-corrected chi connectivity index (χ3v) is 5.78. The van der Waals surface area contributed by atoms with Gasteiger partial charge in [-0.15, -0.1) is 0 Å². The van der Waals surface area contributed by atoms with Crippen molar-refractivity contribution in [1.29, 1.82) is 0 Å². The fraction of sp³-hybridized carbons (Fsp3) is 0.273. The number of fused-ring (bicyclic) bond motifs is 3. The normalized spacial score (nSPS) is 21.7. The van der Waals surface area contributed by atoms with Gasteiger partial charge in [0.05, 0.1) is 5.92 Å². The van der Waals surface area contributed by atoms with Gasteiger partial charge < -0.3 is 15.4 Å². The summed E-state index contributed by atoms with van der Waals surface area (Å²) in [5.41, 5.74) is 9.36. The van der Waals surface area contributed by atoms with Crippen molar-refractivity contribution >= 4 is 22.8 Å². The molecular weight excluding hydrogens is 340 g/mol. The molecule has 2 atom stereocenters. The van der Waals surface area contributed by atoms with E-state index in [1.54, 1.807) is 4.57 Å². The zero-order valence-electron chi connectivity index (χ0n) is 15.2. The number of primary amides is 1. The summed E-state index contributed by atoms with van der Waals surface area (Å²) in [6, 6.07) is 17.9.